The number of nitrogens with zero attached hydrogens (tertiary/aromatic N) is 2. The summed E-state index contributed by atoms with van der Waals surface area (Å²) in [5, 5.41) is 13.0. The zero-order chi connectivity index (χ0) is 8.55. The third-order valence-electron chi connectivity index (χ3n) is 1.59. The first-order chi connectivity index (χ1) is 5.83. The summed E-state index contributed by atoms with van der Waals surface area (Å²) < 4.78 is 5.83. The molecule has 0 fully saturated rings. The van der Waals surface area contributed by atoms with Crippen LogP contribution >= 0.6 is 0 Å². The predicted molar refractivity (Wildman–Crippen MR) is 40.5 cm³/mol. The van der Waals surface area contributed by atoms with E-state index in [1.807, 2.05) is 0 Å². The van der Waals surface area contributed by atoms with E-state index in [0.717, 1.165) is 4.68 Å². The molecule has 0 unspecified atom stereocenters. The third kappa shape index (κ3) is 0.835. The normalized spacial score (nSPS) is 10.8. The molecule has 1 N–H and O–H groups in total. The van der Waals surface area contributed by atoms with Crippen molar-refractivity contribution >= 4 is 11.0 Å². The van der Waals surface area contributed by atoms with E-state index in [1.165, 1.54) is 12.5 Å². The summed E-state index contributed by atoms with van der Waals surface area (Å²) in [4.78, 5) is 11.3. The average molecular weight is 166 g/mol. The van der Waals surface area contributed by atoms with Crippen molar-refractivity contribution in [2.75, 3.05) is 0 Å². The minimum atomic E-state index is -0.435. The Balaban J connectivity index is 2.88. The van der Waals surface area contributed by atoms with E-state index in [9.17, 15) is 4.79 Å². The molecule has 5 heteroatoms. The van der Waals surface area contributed by atoms with Gasteiger partial charge in [-0.25, -0.2) is 4.68 Å². The van der Waals surface area contributed by atoms with Crippen molar-refractivity contribution in [2.24, 2.45) is 0 Å². The van der Waals surface area contributed by atoms with E-state index < -0.39 is 12.3 Å². The minimum Gasteiger partial charge on any atom is -0.458 e. The molecule has 0 aromatic carbocycles. The summed E-state index contributed by atoms with van der Waals surface area (Å²) in [6.45, 7) is -0.435. The molecule has 2 aromatic rings. The first-order valence-corrected chi connectivity index (χ1v) is 3.37. The molecule has 0 aliphatic carbocycles. The monoisotopic (exact) mass is 166 g/mol. The summed E-state index contributed by atoms with van der Waals surface area (Å²) in [7, 11) is 0. The first kappa shape index (κ1) is 7.05. The molecule has 12 heavy (non-hydrogen) atoms. The molecule has 0 atom stereocenters. The van der Waals surface area contributed by atoms with Crippen LogP contribution in [-0.4, -0.2) is 14.9 Å². The van der Waals surface area contributed by atoms with Crippen LogP contribution in [0.15, 0.2) is 27.7 Å². The van der Waals surface area contributed by atoms with Crippen molar-refractivity contribution in [3.63, 3.8) is 0 Å². The van der Waals surface area contributed by atoms with Gasteiger partial charge in [0.05, 0.1) is 12.5 Å². The van der Waals surface area contributed by atoms with E-state index in [0.29, 0.717) is 5.39 Å². The van der Waals surface area contributed by atoms with Crippen molar-refractivity contribution in [3.8, 4) is 0 Å². The number of hydrogen-bond acceptors (Lipinski definition) is 4. The van der Waals surface area contributed by atoms with Crippen molar-refractivity contribution in [1.82, 2.24) is 9.78 Å². The highest BCUT2D eigenvalue weighted by molar-refractivity contribution is 5.74. The minimum absolute atomic E-state index is 0.221. The first-order valence-electron chi connectivity index (χ1n) is 3.37. The zero-order valence-corrected chi connectivity index (χ0v) is 6.10. The Morgan fingerprint density at radius 3 is 3.25 bits per heavy atom. The van der Waals surface area contributed by atoms with Crippen LogP contribution in [0.25, 0.3) is 11.0 Å². The second-order valence-electron chi connectivity index (χ2n) is 2.30. The maximum atomic E-state index is 11.3. The molecule has 2 aromatic heterocycles. The van der Waals surface area contributed by atoms with Crippen LogP contribution in [0.2, 0.25) is 0 Å². The summed E-state index contributed by atoms with van der Waals surface area (Å²) in [6, 6.07) is 1.64. The number of rotatable bonds is 1. The molecule has 62 valence electrons. The summed E-state index contributed by atoms with van der Waals surface area (Å²) in [6.07, 6.45) is 2.88. The van der Waals surface area contributed by atoms with Crippen LogP contribution in [0.5, 0.6) is 0 Å². The van der Waals surface area contributed by atoms with Gasteiger partial charge < -0.3 is 9.52 Å². The maximum Gasteiger partial charge on any atom is 0.312 e. The second-order valence-corrected chi connectivity index (χ2v) is 2.30. The van der Waals surface area contributed by atoms with Crippen LogP contribution < -0.4 is 5.56 Å². The Morgan fingerprint density at radius 1 is 1.67 bits per heavy atom. The zero-order valence-electron chi connectivity index (χ0n) is 6.10. The Bertz CT molecular complexity index is 457. The van der Waals surface area contributed by atoms with Gasteiger partial charge in [0, 0.05) is 5.39 Å². The van der Waals surface area contributed by atoms with Gasteiger partial charge in [-0.1, -0.05) is 0 Å². The largest absolute Gasteiger partial charge is 0.458 e. The van der Waals surface area contributed by atoms with E-state index >= 15 is 0 Å². The molecule has 0 saturated heterocycles. The molecule has 0 amide bonds. The van der Waals surface area contributed by atoms with Crippen molar-refractivity contribution in [1.29, 1.82) is 0 Å². The Kier molecular flexibility index (Phi) is 1.44. The van der Waals surface area contributed by atoms with Crippen molar-refractivity contribution in [3.05, 3.63) is 28.9 Å². The van der Waals surface area contributed by atoms with Gasteiger partial charge in [-0.05, 0) is 6.07 Å². The Morgan fingerprint density at radius 2 is 2.50 bits per heavy atom. The maximum absolute atomic E-state index is 11.3. The van der Waals surface area contributed by atoms with Gasteiger partial charge in [0.1, 0.15) is 6.73 Å². The van der Waals surface area contributed by atoms with Crippen molar-refractivity contribution < 1.29 is 9.52 Å². The summed E-state index contributed by atoms with van der Waals surface area (Å²) in [5.74, 6) is 0. The fourth-order valence-electron chi connectivity index (χ4n) is 0.997. The fraction of sp³-hybridized carbons (Fsp3) is 0.143. The lowest BCUT2D eigenvalue weighted by Crippen LogP contribution is -2.21. The lowest BCUT2D eigenvalue weighted by atomic mass is 10.4. The SMILES string of the molecule is O=c1c2occc2cnn1CO. The highest BCUT2D eigenvalue weighted by Crippen LogP contribution is 2.07. The average Bonchev–Trinajstić information content (AvgIpc) is 2.53. The Labute approximate surface area is 66.8 Å². The molecule has 2 rings (SSSR count). The molecule has 2 heterocycles. The summed E-state index contributed by atoms with van der Waals surface area (Å²) >= 11 is 0. The van der Waals surface area contributed by atoms with E-state index in [-0.39, 0.29) is 5.58 Å². The fourth-order valence-corrected chi connectivity index (χ4v) is 0.997. The standard InChI is InChI=1S/C7H6N2O3/c10-4-9-7(11)6-5(3-8-9)1-2-12-6/h1-3,10H,4H2. The lowest BCUT2D eigenvalue weighted by Gasteiger charge is -1.96. The van der Waals surface area contributed by atoms with Crippen LogP contribution in [0.3, 0.4) is 0 Å². The van der Waals surface area contributed by atoms with Gasteiger partial charge in [0.2, 0.25) is 5.58 Å². The van der Waals surface area contributed by atoms with E-state index in [2.05, 4.69) is 5.10 Å². The van der Waals surface area contributed by atoms with E-state index in [1.54, 1.807) is 6.07 Å². The van der Waals surface area contributed by atoms with E-state index in [4.69, 9.17) is 9.52 Å². The Hall–Kier alpha value is -1.62. The number of aromatic nitrogens is 2. The van der Waals surface area contributed by atoms with Gasteiger partial charge in [0.15, 0.2) is 0 Å². The molecule has 5 nitrogen and oxygen atoms in total. The molecule has 0 saturated carbocycles. The lowest BCUT2D eigenvalue weighted by molar-refractivity contribution is 0.189. The number of furan rings is 1. The van der Waals surface area contributed by atoms with Gasteiger partial charge in [-0.3, -0.25) is 4.79 Å². The quantitative estimate of drug-likeness (QED) is 0.644. The van der Waals surface area contributed by atoms with Gasteiger partial charge >= 0.3 is 5.56 Å². The highest BCUT2D eigenvalue weighted by Gasteiger charge is 2.04. The molecule has 0 aliphatic rings. The van der Waals surface area contributed by atoms with Crippen LogP contribution in [0.4, 0.5) is 0 Å². The van der Waals surface area contributed by atoms with Gasteiger partial charge in [0.25, 0.3) is 0 Å². The van der Waals surface area contributed by atoms with Crippen LogP contribution in [-0.2, 0) is 6.73 Å². The van der Waals surface area contributed by atoms with Gasteiger partial charge in [-0.15, -0.1) is 0 Å². The van der Waals surface area contributed by atoms with Crippen LogP contribution in [0.1, 0.15) is 0 Å². The van der Waals surface area contributed by atoms with Gasteiger partial charge in [-0.2, -0.15) is 5.10 Å². The van der Waals surface area contributed by atoms with Crippen molar-refractivity contribution in [2.45, 2.75) is 6.73 Å². The highest BCUT2D eigenvalue weighted by atomic mass is 16.3. The smallest absolute Gasteiger partial charge is 0.312 e. The molecule has 0 spiro atoms. The van der Waals surface area contributed by atoms with Crippen LogP contribution in [0, 0.1) is 0 Å². The number of aliphatic hydroxyl groups excluding tert-OH is 1. The molecule has 0 radical (unpaired) electrons. The molecular formula is C7H6N2O3. The summed E-state index contributed by atoms with van der Waals surface area (Å²) in [5.41, 5.74) is -0.195. The molecule has 0 aliphatic heterocycles. The second kappa shape index (κ2) is 2.46. The predicted octanol–water partition coefficient (Wildman–Crippen LogP) is -0.0607. The number of hydrogen-bond donors (Lipinski definition) is 1. The third-order valence-corrected chi connectivity index (χ3v) is 1.59. The molecule has 0 bridgehead atoms. The number of fused-ring (bicyclic) bond motifs is 1. The topological polar surface area (TPSA) is 68.3 Å². The molecular weight excluding hydrogens is 160 g/mol. The number of aliphatic hydroxyl groups is 1.